The molecule has 0 aromatic rings. The second kappa shape index (κ2) is 5.70. The molecule has 0 rings (SSSR count). The molecule has 0 aliphatic heterocycles. The quantitative estimate of drug-likeness (QED) is 0.393. The van der Waals surface area contributed by atoms with Gasteiger partial charge in [0.05, 0.1) is 6.10 Å². The van der Waals surface area contributed by atoms with Gasteiger partial charge in [-0.15, -0.1) is 18.9 Å². The highest BCUT2D eigenvalue weighted by atomic mass is 28.4. The van der Waals surface area contributed by atoms with Crippen LogP contribution in [0.5, 0.6) is 0 Å². The van der Waals surface area contributed by atoms with Crippen molar-refractivity contribution in [2.45, 2.75) is 64.8 Å². The van der Waals surface area contributed by atoms with Gasteiger partial charge in [0.2, 0.25) is 0 Å². The Morgan fingerprint density at radius 2 is 1.94 bits per heavy atom. The van der Waals surface area contributed by atoms with Crippen LogP contribution >= 0.6 is 0 Å². The molecule has 2 heteroatoms. The molecule has 0 aliphatic rings. The lowest BCUT2D eigenvalue weighted by Gasteiger charge is -2.39. The summed E-state index contributed by atoms with van der Waals surface area (Å²) in [7, 11) is -1.71. The summed E-state index contributed by atoms with van der Waals surface area (Å²) in [5.74, 6) is 2.70. The van der Waals surface area contributed by atoms with Crippen LogP contribution in [-0.2, 0) is 4.43 Å². The van der Waals surface area contributed by atoms with Crippen LogP contribution < -0.4 is 0 Å². The first kappa shape index (κ1) is 15.5. The predicted octanol–water partition coefficient (Wildman–Crippen LogP) is 4.37. The molecule has 0 aromatic heterocycles. The van der Waals surface area contributed by atoms with E-state index in [0.29, 0.717) is 6.42 Å². The van der Waals surface area contributed by atoms with E-state index in [2.05, 4.69) is 46.4 Å². The second-order valence-corrected chi connectivity index (χ2v) is 10.8. The van der Waals surface area contributed by atoms with Gasteiger partial charge in [0.1, 0.15) is 0 Å². The monoisotopic (exact) mass is 238 g/mol. The highest BCUT2D eigenvalue weighted by molar-refractivity contribution is 6.74. The van der Waals surface area contributed by atoms with Gasteiger partial charge in [-0.2, -0.15) is 0 Å². The van der Waals surface area contributed by atoms with Gasteiger partial charge in [-0.1, -0.05) is 26.3 Å². The van der Waals surface area contributed by atoms with Crippen LogP contribution in [0.2, 0.25) is 18.1 Å². The normalized spacial score (nSPS) is 14.3. The molecule has 0 aliphatic carbocycles. The summed E-state index contributed by atoms with van der Waals surface area (Å²) in [6.45, 7) is 17.2. The van der Waals surface area contributed by atoms with Crippen LogP contribution in [0.1, 0.15) is 40.5 Å². The van der Waals surface area contributed by atoms with Gasteiger partial charge in [-0.3, -0.25) is 0 Å². The van der Waals surface area contributed by atoms with Gasteiger partial charge in [0.25, 0.3) is 0 Å². The highest BCUT2D eigenvalue weighted by Gasteiger charge is 2.38. The zero-order chi connectivity index (χ0) is 13.0. The van der Waals surface area contributed by atoms with Crippen LogP contribution in [0.4, 0.5) is 0 Å². The first-order chi connectivity index (χ1) is 7.10. The lowest BCUT2D eigenvalue weighted by molar-refractivity contribution is 0.186. The van der Waals surface area contributed by atoms with E-state index < -0.39 is 8.32 Å². The molecule has 1 nitrogen and oxygen atoms in total. The van der Waals surface area contributed by atoms with Crippen molar-refractivity contribution in [2.24, 2.45) is 0 Å². The molecule has 16 heavy (non-hydrogen) atoms. The van der Waals surface area contributed by atoms with Gasteiger partial charge in [-0.05, 0) is 31.5 Å². The minimum Gasteiger partial charge on any atom is -0.413 e. The third kappa shape index (κ3) is 5.00. The van der Waals surface area contributed by atoms with Crippen molar-refractivity contribution in [2.75, 3.05) is 0 Å². The van der Waals surface area contributed by atoms with Crippen LogP contribution in [0.15, 0.2) is 12.2 Å². The summed E-state index contributed by atoms with van der Waals surface area (Å²) >= 11 is 0. The fourth-order valence-corrected chi connectivity index (χ4v) is 2.62. The predicted molar refractivity (Wildman–Crippen MR) is 75.0 cm³/mol. The molecule has 0 bridgehead atoms. The van der Waals surface area contributed by atoms with Gasteiger partial charge in [0, 0.05) is 6.42 Å². The molecule has 92 valence electrons. The molecule has 0 fully saturated rings. The standard InChI is InChI=1S/C14H26OSi/c1-9-10-13(11-12(2)3)15-16(7,8)14(4,5)6/h1,13H,2,10-11H2,3-8H3/t13-/m1/s1. The average Bonchev–Trinajstić information content (AvgIpc) is 1.99. The van der Waals surface area contributed by atoms with Crippen LogP contribution in [0.25, 0.3) is 0 Å². The third-order valence-corrected chi connectivity index (χ3v) is 7.72. The average molecular weight is 238 g/mol. The molecular formula is C14H26OSi. The van der Waals surface area contributed by atoms with Gasteiger partial charge in [-0.25, -0.2) is 0 Å². The molecule has 0 unspecified atom stereocenters. The molecule has 0 heterocycles. The van der Waals surface area contributed by atoms with E-state index in [9.17, 15) is 0 Å². The van der Waals surface area contributed by atoms with E-state index in [1.165, 1.54) is 0 Å². The minimum atomic E-state index is -1.71. The Bertz CT molecular complexity index is 278. The molecule has 1 atom stereocenters. The maximum absolute atomic E-state index is 6.29. The summed E-state index contributed by atoms with van der Waals surface area (Å²) in [5, 5.41) is 0.231. The Morgan fingerprint density at radius 1 is 1.44 bits per heavy atom. The first-order valence-corrected chi connectivity index (χ1v) is 8.76. The van der Waals surface area contributed by atoms with Crippen molar-refractivity contribution in [1.82, 2.24) is 0 Å². The molecular weight excluding hydrogens is 212 g/mol. The Balaban J connectivity index is 4.63. The van der Waals surface area contributed by atoms with E-state index in [0.717, 1.165) is 12.0 Å². The zero-order valence-corrected chi connectivity index (χ0v) is 12.7. The highest BCUT2D eigenvalue weighted by Crippen LogP contribution is 2.38. The van der Waals surface area contributed by atoms with Crippen LogP contribution in [0, 0.1) is 12.3 Å². The fourth-order valence-electron chi connectivity index (χ4n) is 1.27. The Hall–Kier alpha value is -0.523. The number of terminal acetylenes is 1. The van der Waals surface area contributed by atoms with Crippen LogP contribution in [0.3, 0.4) is 0 Å². The van der Waals surface area contributed by atoms with Gasteiger partial charge >= 0.3 is 0 Å². The number of hydrogen-bond acceptors (Lipinski definition) is 1. The van der Waals surface area contributed by atoms with E-state index in [1.807, 2.05) is 6.92 Å². The van der Waals surface area contributed by atoms with E-state index in [1.54, 1.807) is 0 Å². The maximum atomic E-state index is 6.29. The molecule has 0 saturated carbocycles. The smallest absolute Gasteiger partial charge is 0.192 e. The Kier molecular flexibility index (Phi) is 5.51. The molecule has 0 amide bonds. The van der Waals surface area contributed by atoms with Crippen molar-refractivity contribution < 1.29 is 4.43 Å². The third-order valence-electron chi connectivity index (χ3n) is 3.19. The van der Waals surface area contributed by atoms with Crippen molar-refractivity contribution >= 4 is 8.32 Å². The van der Waals surface area contributed by atoms with Crippen molar-refractivity contribution in [3.8, 4) is 12.3 Å². The SMILES string of the molecule is C#CC[C@H](CC(=C)C)O[Si](C)(C)C(C)(C)C. The van der Waals surface area contributed by atoms with Crippen LogP contribution in [-0.4, -0.2) is 14.4 Å². The van der Waals surface area contributed by atoms with E-state index in [4.69, 9.17) is 10.8 Å². The Labute approximate surface area is 102 Å². The van der Waals surface area contributed by atoms with E-state index in [-0.39, 0.29) is 11.1 Å². The zero-order valence-electron chi connectivity index (χ0n) is 11.7. The molecule has 0 radical (unpaired) electrons. The van der Waals surface area contributed by atoms with Crippen molar-refractivity contribution in [1.29, 1.82) is 0 Å². The lowest BCUT2D eigenvalue weighted by atomic mass is 10.1. The summed E-state index contributed by atoms with van der Waals surface area (Å²) in [6.07, 6.45) is 7.08. The maximum Gasteiger partial charge on any atom is 0.192 e. The van der Waals surface area contributed by atoms with Gasteiger partial charge in [0.15, 0.2) is 8.32 Å². The lowest BCUT2D eigenvalue weighted by Crippen LogP contribution is -2.43. The minimum absolute atomic E-state index is 0.142. The molecule has 0 spiro atoms. The summed E-state index contributed by atoms with van der Waals surface area (Å²) in [5.41, 5.74) is 1.14. The summed E-state index contributed by atoms with van der Waals surface area (Å²) in [6, 6.07) is 0. The molecule has 0 N–H and O–H groups in total. The molecule has 0 aromatic carbocycles. The number of hydrogen-bond donors (Lipinski definition) is 0. The van der Waals surface area contributed by atoms with Gasteiger partial charge < -0.3 is 4.43 Å². The fraction of sp³-hybridized carbons (Fsp3) is 0.714. The first-order valence-electron chi connectivity index (χ1n) is 5.86. The topological polar surface area (TPSA) is 9.23 Å². The van der Waals surface area contributed by atoms with Crippen molar-refractivity contribution in [3.63, 3.8) is 0 Å². The largest absolute Gasteiger partial charge is 0.413 e. The second-order valence-electron chi connectivity index (χ2n) is 6.07. The Morgan fingerprint density at radius 3 is 2.25 bits per heavy atom. The number of rotatable bonds is 5. The van der Waals surface area contributed by atoms with E-state index >= 15 is 0 Å². The van der Waals surface area contributed by atoms with Crippen molar-refractivity contribution in [3.05, 3.63) is 12.2 Å². The molecule has 0 saturated heterocycles. The summed E-state index contributed by atoms with van der Waals surface area (Å²) < 4.78 is 6.29. The summed E-state index contributed by atoms with van der Waals surface area (Å²) in [4.78, 5) is 0.